The van der Waals surface area contributed by atoms with Crippen LogP contribution in [0.25, 0.3) is 10.9 Å². The molecule has 1 saturated carbocycles. The van der Waals surface area contributed by atoms with E-state index in [1.807, 2.05) is 18.2 Å². The molecule has 1 aliphatic rings. The van der Waals surface area contributed by atoms with Gasteiger partial charge < -0.3 is 0 Å². The monoisotopic (exact) mass is 410 g/mol. The van der Waals surface area contributed by atoms with Crippen LogP contribution in [-0.4, -0.2) is 53.8 Å². The fraction of sp³-hybridized carbons (Fsp3) is 0.471. The Balaban J connectivity index is 1.70. The van der Waals surface area contributed by atoms with Gasteiger partial charge in [0.25, 0.3) is 0 Å². The Bertz CT molecular complexity index is 745. The molecule has 0 spiro atoms. The van der Waals surface area contributed by atoms with E-state index in [1.165, 1.54) is 0 Å². The number of hydrogen-bond acceptors (Lipinski definition) is 3. The first-order chi connectivity index (χ1) is 11.5. The number of carbonyl (C=O) groups is 1. The SMILES string of the molecule is COC1(OC)CCC(NC(=O)c2cc3cc(Cl)ccc3[nH]2)C([As])C1. The molecular formula is C17H20AsClN2O3. The van der Waals surface area contributed by atoms with E-state index in [0.29, 0.717) is 10.7 Å². The van der Waals surface area contributed by atoms with Gasteiger partial charge in [-0.25, -0.2) is 0 Å². The molecule has 24 heavy (non-hydrogen) atoms. The molecule has 0 bridgehead atoms. The van der Waals surface area contributed by atoms with E-state index in [1.54, 1.807) is 20.3 Å². The molecule has 2 N–H and O–H groups in total. The van der Waals surface area contributed by atoms with E-state index in [9.17, 15) is 4.79 Å². The zero-order valence-corrected chi connectivity index (χ0v) is 16.3. The van der Waals surface area contributed by atoms with E-state index >= 15 is 0 Å². The average molecular weight is 411 g/mol. The number of carbonyl (C=O) groups excluding carboxylic acids is 1. The average Bonchev–Trinajstić information content (AvgIpc) is 3.00. The van der Waals surface area contributed by atoms with Crippen LogP contribution in [0, 0.1) is 0 Å². The van der Waals surface area contributed by atoms with Gasteiger partial charge in [-0.05, 0) is 0 Å². The molecule has 128 valence electrons. The van der Waals surface area contributed by atoms with Crippen LogP contribution in [0.2, 0.25) is 9.73 Å². The van der Waals surface area contributed by atoms with E-state index in [-0.39, 0.29) is 16.7 Å². The van der Waals surface area contributed by atoms with Gasteiger partial charge in [0.1, 0.15) is 0 Å². The number of amides is 1. The minimum atomic E-state index is -0.545. The summed E-state index contributed by atoms with van der Waals surface area (Å²) in [5.74, 6) is -0.651. The van der Waals surface area contributed by atoms with Gasteiger partial charge in [0, 0.05) is 0 Å². The van der Waals surface area contributed by atoms with Gasteiger partial charge in [-0.2, -0.15) is 0 Å². The van der Waals surface area contributed by atoms with Crippen molar-refractivity contribution in [1.29, 1.82) is 0 Å². The fourth-order valence-electron chi connectivity index (χ4n) is 3.23. The molecule has 2 radical (unpaired) electrons. The molecular weight excluding hydrogens is 391 g/mol. The van der Waals surface area contributed by atoms with Crippen molar-refractivity contribution in [1.82, 2.24) is 10.3 Å². The Hall–Kier alpha value is -1.00. The molecule has 2 atom stereocenters. The molecule has 1 amide bonds. The van der Waals surface area contributed by atoms with Crippen LogP contribution < -0.4 is 5.32 Å². The van der Waals surface area contributed by atoms with Crippen molar-refractivity contribution < 1.29 is 14.3 Å². The normalized spacial score (nSPS) is 23.3. The number of benzene rings is 1. The Morgan fingerprint density at radius 1 is 1.38 bits per heavy atom. The number of aromatic amines is 1. The van der Waals surface area contributed by atoms with Gasteiger partial charge in [0.15, 0.2) is 0 Å². The third kappa shape index (κ3) is 3.50. The summed E-state index contributed by atoms with van der Waals surface area (Å²) in [5.41, 5.74) is 1.44. The third-order valence-corrected chi connectivity index (χ3v) is 6.08. The Morgan fingerprint density at radius 2 is 2.12 bits per heavy atom. The summed E-state index contributed by atoms with van der Waals surface area (Å²) < 4.78 is 11.3. The van der Waals surface area contributed by atoms with Crippen molar-refractivity contribution in [2.45, 2.75) is 35.8 Å². The second kappa shape index (κ2) is 7.09. The molecule has 2 aromatic rings. The maximum atomic E-state index is 12.6. The van der Waals surface area contributed by atoms with Gasteiger partial charge in [-0.15, -0.1) is 0 Å². The molecule has 1 aromatic carbocycles. The van der Waals surface area contributed by atoms with Gasteiger partial charge in [0.05, 0.1) is 0 Å². The summed E-state index contributed by atoms with van der Waals surface area (Å²) in [6.45, 7) is 0. The second-order valence-electron chi connectivity index (χ2n) is 6.12. The topological polar surface area (TPSA) is 63.4 Å². The van der Waals surface area contributed by atoms with E-state index in [2.05, 4.69) is 27.2 Å². The van der Waals surface area contributed by atoms with Crippen LogP contribution in [0.5, 0.6) is 0 Å². The van der Waals surface area contributed by atoms with Crippen molar-refractivity contribution >= 4 is 45.3 Å². The van der Waals surface area contributed by atoms with Gasteiger partial charge in [0.2, 0.25) is 0 Å². The summed E-state index contributed by atoms with van der Waals surface area (Å²) in [6.07, 6.45) is 2.29. The Labute approximate surface area is 154 Å². The maximum absolute atomic E-state index is 12.6. The zero-order valence-electron chi connectivity index (χ0n) is 13.6. The predicted molar refractivity (Wildman–Crippen MR) is 94.7 cm³/mol. The first-order valence-electron chi connectivity index (χ1n) is 7.84. The van der Waals surface area contributed by atoms with Gasteiger partial charge in [-0.1, -0.05) is 0 Å². The molecule has 1 heterocycles. The van der Waals surface area contributed by atoms with Crippen molar-refractivity contribution in [2.24, 2.45) is 0 Å². The van der Waals surface area contributed by atoms with Crippen molar-refractivity contribution in [2.75, 3.05) is 14.2 Å². The quantitative estimate of drug-likeness (QED) is 0.601. The molecule has 0 aliphatic heterocycles. The summed E-state index contributed by atoms with van der Waals surface area (Å²) in [6, 6.07) is 7.42. The molecule has 0 saturated heterocycles. The number of methoxy groups -OCH3 is 2. The second-order valence-corrected chi connectivity index (χ2v) is 7.95. The Kier molecular flexibility index (Phi) is 5.26. The van der Waals surface area contributed by atoms with Crippen molar-refractivity contribution in [3.8, 4) is 0 Å². The van der Waals surface area contributed by atoms with Crippen LogP contribution in [0.4, 0.5) is 0 Å². The number of rotatable bonds is 4. The van der Waals surface area contributed by atoms with Crippen LogP contribution in [-0.2, 0) is 9.47 Å². The summed E-state index contributed by atoms with van der Waals surface area (Å²) >= 11 is 8.62. The number of fused-ring (bicyclic) bond motifs is 1. The fourth-order valence-corrected chi connectivity index (χ4v) is 4.46. The number of aromatic nitrogens is 1. The summed E-state index contributed by atoms with van der Waals surface area (Å²) in [4.78, 5) is 15.7. The molecule has 1 aliphatic carbocycles. The van der Waals surface area contributed by atoms with Crippen LogP contribution in [0.1, 0.15) is 29.8 Å². The van der Waals surface area contributed by atoms with E-state index in [4.69, 9.17) is 21.1 Å². The number of hydrogen-bond donors (Lipinski definition) is 2. The molecule has 2 unspecified atom stereocenters. The van der Waals surface area contributed by atoms with Crippen molar-refractivity contribution in [3.05, 3.63) is 35.0 Å². The number of H-pyrrole nitrogens is 1. The summed E-state index contributed by atoms with van der Waals surface area (Å²) in [7, 11) is 3.33. The Morgan fingerprint density at radius 3 is 2.79 bits per heavy atom. The third-order valence-electron chi connectivity index (χ3n) is 4.71. The number of ether oxygens (including phenoxy) is 2. The van der Waals surface area contributed by atoms with E-state index < -0.39 is 5.79 Å². The van der Waals surface area contributed by atoms with Gasteiger partial charge in [-0.3, -0.25) is 0 Å². The van der Waals surface area contributed by atoms with Crippen LogP contribution in [0.15, 0.2) is 24.3 Å². The number of halogens is 1. The molecule has 7 heteroatoms. The molecule has 1 aromatic heterocycles. The van der Waals surface area contributed by atoms with Crippen molar-refractivity contribution in [3.63, 3.8) is 0 Å². The van der Waals surface area contributed by atoms with Gasteiger partial charge >= 0.3 is 155 Å². The number of nitrogens with one attached hydrogen (secondary N) is 2. The standard InChI is InChI=1S/C17H20AsClN2O3/c1-23-17(24-2)6-5-14(12(18)9-17)21-16(22)15-8-10-7-11(19)3-4-13(10)20-15/h3-4,7-8,12,14,20H,5-6,9H2,1-2H3,(H,21,22). The molecule has 3 rings (SSSR count). The first kappa shape index (κ1) is 17.8. The van der Waals surface area contributed by atoms with Crippen LogP contribution >= 0.6 is 11.6 Å². The molecule has 5 nitrogen and oxygen atoms in total. The van der Waals surface area contributed by atoms with Crippen LogP contribution in [0.3, 0.4) is 0 Å². The predicted octanol–water partition coefficient (Wildman–Crippen LogP) is 3.05. The first-order valence-corrected chi connectivity index (χ1v) is 9.30. The molecule has 1 fully saturated rings. The van der Waals surface area contributed by atoms with E-state index in [0.717, 1.165) is 30.2 Å². The zero-order chi connectivity index (χ0) is 17.3. The summed E-state index contributed by atoms with van der Waals surface area (Å²) in [5, 5.41) is 4.70. The minimum absolute atomic E-state index is 0.0749.